The zero-order valence-corrected chi connectivity index (χ0v) is 11.1. The molecule has 0 aromatic carbocycles. The molecule has 0 saturated carbocycles. The molecule has 3 N–H and O–H groups in total. The number of nitrogens with zero attached hydrogens (tertiary/aromatic N) is 2. The molecule has 1 aromatic heterocycles. The maximum Gasteiger partial charge on any atom is 0.303 e. The summed E-state index contributed by atoms with van der Waals surface area (Å²) in [7, 11) is 0. The van der Waals surface area contributed by atoms with Crippen molar-refractivity contribution in [1.29, 1.82) is 0 Å². The zero-order chi connectivity index (χ0) is 15.1. The second kappa shape index (κ2) is 7.34. The molecule has 1 heterocycles. The molecule has 0 bridgehead atoms. The number of carbonyl (C=O) groups is 3. The maximum absolute atomic E-state index is 12.1. The fourth-order valence-corrected chi connectivity index (χ4v) is 1.69. The Morgan fingerprint density at radius 1 is 1.50 bits per heavy atom. The van der Waals surface area contributed by atoms with Crippen molar-refractivity contribution >= 4 is 24.0 Å². The third kappa shape index (κ3) is 4.13. The molecule has 1 amide bonds. The molecule has 0 unspecified atom stereocenters. The van der Waals surface area contributed by atoms with Crippen molar-refractivity contribution in [3.05, 3.63) is 24.4 Å². The summed E-state index contributed by atoms with van der Waals surface area (Å²) in [6.07, 6.45) is 1.81. The first-order valence-electron chi connectivity index (χ1n) is 6.14. The summed E-state index contributed by atoms with van der Waals surface area (Å²) in [5.41, 5.74) is 5.57. The standard InChI is InChI=1S/C13H17N3O4/c1-9(14)13(20)16(11-4-2-3-7-15-11)10(8-17)5-6-12(18)19/h2-4,7-10H,5-6,14H2,1H3,(H,18,19)/t9-,10-/m0/s1. The number of carboxylic acid groups (broad SMARTS) is 1. The monoisotopic (exact) mass is 279 g/mol. The van der Waals surface area contributed by atoms with E-state index in [0.717, 1.165) is 4.90 Å². The third-order valence-corrected chi connectivity index (χ3v) is 2.67. The van der Waals surface area contributed by atoms with Gasteiger partial charge in [-0.2, -0.15) is 0 Å². The van der Waals surface area contributed by atoms with Crippen LogP contribution in [0.4, 0.5) is 5.82 Å². The highest BCUT2D eigenvalue weighted by atomic mass is 16.4. The average Bonchev–Trinajstić information content (AvgIpc) is 2.43. The van der Waals surface area contributed by atoms with Gasteiger partial charge in [0.1, 0.15) is 12.1 Å². The van der Waals surface area contributed by atoms with E-state index in [4.69, 9.17) is 10.8 Å². The van der Waals surface area contributed by atoms with E-state index in [1.54, 1.807) is 18.2 Å². The molecule has 0 saturated heterocycles. The lowest BCUT2D eigenvalue weighted by molar-refractivity contribution is -0.137. The highest BCUT2D eigenvalue weighted by molar-refractivity contribution is 5.99. The zero-order valence-electron chi connectivity index (χ0n) is 11.1. The number of rotatable bonds is 7. The molecule has 0 radical (unpaired) electrons. The summed E-state index contributed by atoms with van der Waals surface area (Å²) >= 11 is 0. The predicted molar refractivity (Wildman–Crippen MR) is 72.1 cm³/mol. The number of aromatic nitrogens is 1. The summed E-state index contributed by atoms with van der Waals surface area (Å²) in [6, 6.07) is 3.19. The number of carboxylic acids is 1. The molecule has 108 valence electrons. The van der Waals surface area contributed by atoms with Crippen molar-refractivity contribution in [3.8, 4) is 0 Å². The van der Waals surface area contributed by atoms with Crippen LogP contribution in [-0.2, 0) is 14.4 Å². The van der Waals surface area contributed by atoms with Gasteiger partial charge >= 0.3 is 5.97 Å². The summed E-state index contributed by atoms with van der Waals surface area (Å²) < 4.78 is 0. The van der Waals surface area contributed by atoms with Crippen LogP contribution >= 0.6 is 0 Å². The van der Waals surface area contributed by atoms with Crippen LogP contribution in [0.25, 0.3) is 0 Å². The number of nitrogens with two attached hydrogens (primary N) is 1. The van der Waals surface area contributed by atoms with Gasteiger partial charge in [-0.15, -0.1) is 0 Å². The van der Waals surface area contributed by atoms with Gasteiger partial charge in [-0.05, 0) is 25.5 Å². The van der Waals surface area contributed by atoms with Crippen LogP contribution in [0.1, 0.15) is 19.8 Å². The minimum Gasteiger partial charge on any atom is -0.481 e. The van der Waals surface area contributed by atoms with Crippen LogP contribution in [0.3, 0.4) is 0 Å². The minimum atomic E-state index is -1.04. The Hall–Kier alpha value is -2.28. The number of carbonyl (C=O) groups excluding carboxylic acids is 2. The fraction of sp³-hybridized carbons (Fsp3) is 0.385. The molecule has 0 aliphatic carbocycles. The van der Waals surface area contributed by atoms with E-state index < -0.39 is 24.0 Å². The quantitative estimate of drug-likeness (QED) is 0.689. The van der Waals surface area contributed by atoms with Gasteiger partial charge in [0, 0.05) is 12.6 Å². The van der Waals surface area contributed by atoms with Crippen LogP contribution in [-0.4, -0.2) is 40.3 Å². The summed E-state index contributed by atoms with van der Waals surface area (Å²) in [5, 5.41) is 8.70. The van der Waals surface area contributed by atoms with Crippen LogP contribution in [0.5, 0.6) is 0 Å². The molecule has 1 rings (SSSR count). The van der Waals surface area contributed by atoms with E-state index in [2.05, 4.69) is 4.98 Å². The Bertz CT molecular complexity index is 476. The highest BCUT2D eigenvalue weighted by Gasteiger charge is 2.28. The Balaban J connectivity index is 3.05. The number of pyridine rings is 1. The van der Waals surface area contributed by atoms with E-state index >= 15 is 0 Å². The normalized spacial score (nSPS) is 13.3. The first-order valence-corrected chi connectivity index (χ1v) is 6.14. The number of hydrogen-bond acceptors (Lipinski definition) is 5. The number of anilines is 1. The van der Waals surface area contributed by atoms with E-state index in [1.807, 2.05) is 0 Å². The summed E-state index contributed by atoms with van der Waals surface area (Å²) in [4.78, 5) is 39.1. The molecule has 0 spiro atoms. The van der Waals surface area contributed by atoms with Gasteiger partial charge in [-0.3, -0.25) is 14.5 Å². The molecular weight excluding hydrogens is 262 g/mol. The van der Waals surface area contributed by atoms with Crippen molar-refractivity contribution in [1.82, 2.24) is 4.98 Å². The van der Waals surface area contributed by atoms with Crippen LogP contribution in [0.15, 0.2) is 24.4 Å². The Morgan fingerprint density at radius 3 is 2.65 bits per heavy atom. The Labute approximate surface area is 116 Å². The van der Waals surface area contributed by atoms with Crippen molar-refractivity contribution < 1.29 is 19.5 Å². The van der Waals surface area contributed by atoms with E-state index in [1.165, 1.54) is 13.1 Å². The lowest BCUT2D eigenvalue weighted by Gasteiger charge is -2.28. The first kappa shape index (κ1) is 15.8. The van der Waals surface area contributed by atoms with Gasteiger partial charge in [0.15, 0.2) is 0 Å². The van der Waals surface area contributed by atoms with E-state index in [0.29, 0.717) is 6.29 Å². The largest absolute Gasteiger partial charge is 0.481 e. The Kier molecular flexibility index (Phi) is 5.79. The average molecular weight is 279 g/mol. The topological polar surface area (TPSA) is 114 Å². The predicted octanol–water partition coefficient (Wildman–Crippen LogP) is 0.194. The lowest BCUT2D eigenvalue weighted by Crippen LogP contribution is -2.49. The van der Waals surface area contributed by atoms with E-state index in [-0.39, 0.29) is 18.7 Å². The molecule has 1 aromatic rings. The second-order valence-corrected chi connectivity index (χ2v) is 4.32. The van der Waals surface area contributed by atoms with Crippen LogP contribution < -0.4 is 10.6 Å². The Morgan fingerprint density at radius 2 is 2.20 bits per heavy atom. The lowest BCUT2D eigenvalue weighted by atomic mass is 10.1. The van der Waals surface area contributed by atoms with Crippen molar-refractivity contribution in [3.63, 3.8) is 0 Å². The maximum atomic E-state index is 12.1. The number of aliphatic carboxylic acids is 1. The molecule has 2 atom stereocenters. The van der Waals surface area contributed by atoms with Gasteiger partial charge in [0.25, 0.3) is 0 Å². The number of amides is 1. The van der Waals surface area contributed by atoms with Gasteiger partial charge in [-0.25, -0.2) is 4.98 Å². The summed E-state index contributed by atoms with van der Waals surface area (Å²) in [5.74, 6) is -1.24. The fourth-order valence-electron chi connectivity index (χ4n) is 1.69. The molecule has 0 aliphatic heterocycles. The molecule has 20 heavy (non-hydrogen) atoms. The van der Waals surface area contributed by atoms with Crippen LogP contribution in [0, 0.1) is 0 Å². The minimum absolute atomic E-state index is 0.00781. The molecule has 0 fully saturated rings. The van der Waals surface area contributed by atoms with E-state index in [9.17, 15) is 14.4 Å². The van der Waals surface area contributed by atoms with Crippen molar-refractivity contribution in [2.75, 3.05) is 4.90 Å². The van der Waals surface area contributed by atoms with Gasteiger partial charge in [-0.1, -0.05) is 6.07 Å². The van der Waals surface area contributed by atoms with Gasteiger partial charge in [0.2, 0.25) is 5.91 Å². The highest BCUT2D eigenvalue weighted by Crippen LogP contribution is 2.17. The molecular formula is C13H17N3O4. The molecule has 7 nitrogen and oxygen atoms in total. The molecule has 7 heteroatoms. The number of hydrogen-bond donors (Lipinski definition) is 2. The first-order chi connectivity index (χ1) is 9.47. The molecule has 0 aliphatic rings. The van der Waals surface area contributed by atoms with Crippen molar-refractivity contribution in [2.45, 2.75) is 31.8 Å². The third-order valence-electron chi connectivity index (χ3n) is 2.67. The van der Waals surface area contributed by atoms with Gasteiger partial charge in [0.05, 0.1) is 12.1 Å². The van der Waals surface area contributed by atoms with Gasteiger partial charge < -0.3 is 15.6 Å². The van der Waals surface area contributed by atoms with Crippen molar-refractivity contribution in [2.24, 2.45) is 5.73 Å². The summed E-state index contributed by atoms with van der Waals surface area (Å²) in [6.45, 7) is 1.50. The number of aldehydes is 1. The SMILES string of the molecule is C[C@H](N)C(=O)N(c1ccccn1)[C@H](C=O)CCC(=O)O. The second-order valence-electron chi connectivity index (χ2n) is 4.32. The van der Waals surface area contributed by atoms with Crippen LogP contribution in [0.2, 0.25) is 0 Å². The smallest absolute Gasteiger partial charge is 0.303 e.